The van der Waals surface area contributed by atoms with Crippen molar-refractivity contribution in [1.82, 2.24) is 5.32 Å². The SMILES string of the molecule is CS(=O)(=O)c1ccc(NC2CCNCC2)cc1.Cl. The molecular weight excluding hydrogens is 272 g/mol. The zero-order chi connectivity index (χ0) is 12.3. The average molecular weight is 291 g/mol. The number of benzene rings is 1. The second-order valence-electron chi connectivity index (χ2n) is 4.47. The van der Waals surface area contributed by atoms with Gasteiger partial charge < -0.3 is 10.6 Å². The fraction of sp³-hybridized carbons (Fsp3) is 0.500. The van der Waals surface area contributed by atoms with E-state index in [1.165, 1.54) is 6.26 Å². The molecule has 0 saturated carbocycles. The molecule has 1 saturated heterocycles. The predicted octanol–water partition coefficient (Wildman–Crippen LogP) is 1.68. The maximum Gasteiger partial charge on any atom is 0.175 e. The van der Waals surface area contributed by atoms with E-state index in [1.807, 2.05) is 12.1 Å². The van der Waals surface area contributed by atoms with Crippen LogP contribution in [0.15, 0.2) is 29.2 Å². The summed E-state index contributed by atoms with van der Waals surface area (Å²) in [7, 11) is -3.09. The van der Waals surface area contributed by atoms with E-state index in [1.54, 1.807) is 12.1 Å². The molecule has 2 N–H and O–H groups in total. The Balaban J connectivity index is 0.00000162. The quantitative estimate of drug-likeness (QED) is 0.889. The van der Waals surface area contributed by atoms with Gasteiger partial charge in [-0.05, 0) is 50.2 Å². The molecule has 1 aromatic carbocycles. The molecule has 102 valence electrons. The summed E-state index contributed by atoms with van der Waals surface area (Å²) >= 11 is 0. The first-order valence-corrected chi connectivity index (χ1v) is 7.72. The summed E-state index contributed by atoms with van der Waals surface area (Å²) in [6, 6.07) is 7.45. The summed E-state index contributed by atoms with van der Waals surface area (Å²) in [5.41, 5.74) is 0.990. The molecule has 1 heterocycles. The van der Waals surface area contributed by atoms with Gasteiger partial charge in [0, 0.05) is 18.0 Å². The lowest BCUT2D eigenvalue weighted by Crippen LogP contribution is -2.35. The van der Waals surface area contributed by atoms with Crippen molar-refractivity contribution in [3.8, 4) is 0 Å². The van der Waals surface area contributed by atoms with Crippen molar-refractivity contribution in [2.24, 2.45) is 0 Å². The van der Waals surface area contributed by atoms with Gasteiger partial charge >= 0.3 is 0 Å². The molecule has 0 unspecified atom stereocenters. The maximum absolute atomic E-state index is 11.3. The molecular formula is C12H19ClN2O2S. The van der Waals surface area contributed by atoms with Crippen LogP contribution in [0.5, 0.6) is 0 Å². The first kappa shape index (κ1) is 15.3. The van der Waals surface area contributed by atoms with Crippen LogP contribution in [0.25, 0.3) is 0 Å². The lowest BCUT2D eigenvalue weighted by Gasteiger charge is -2.24. The highest BCUT2D eigenvalue weighted by Crippen LogP contribution is 2.16. The third-order valence-electron chi connectivity index (χ3n) is 2.99. The minimum absolute atomic E-state index is 0. The van der Waals surface area contributed by atoms with Crippen LogP contribution >= 0.6 is 12.4 Å². The minimum atomic E-state index is -3.09. The number of nitrogens with one attached hydrogen (secondary N) is 2. The van der Waals surface area contributed by atoms with Crippen LogP contribution < -0.4 is 10.6 Å². The van der Waals surface area contributed by atoms with Gasteiger partial charge in [-0.2, -0.15) is 0 Å². The summed E-state index contributed by atoms with van der Waals surface area (Å²) in [4.78, 5) is 0.369. The molecule has 1 fully saturated rings. The molecule has 4 nitrogen and oxygen atoms in total. The molecule has 0 radical (unpaired) electrons. The maximum atomic E-state index is 11.3. The first-order chi connectivity index (χ1) is 8.05. The van der Waals surface area contributed by atoms with Crippen LogP contribution in [0, 0.1) is 0 Å². The topological polar surface area (TPSA) is 58.2 Å². The van der Waals surface area contributed by atoms with E-state index in [-0.39, 0.29) is 12.4 Å². The highest BCUT2D eigenvalue weighted by Gasteiger charge is 2.12. The summed E-state index contributed by atoms with van der Waals surface area (Å²) in [5, 5.41) is 6.73. The van der Waals surface area contributed by atoms with Crippen molar-refractivity contribution in [3.05, 3.63) is 24.3 Å². The van der Waals surface area contributed by atoms with Crippen molar-refractivity contribution in [2.45, 2.75) is 23.8 Å². The average Bonchev–Trinajstić information content (AvgIpc) is 2.30. The standard InChI is InChI=1S/C12H18N2O2S.ClH/c1-17(15,16)12-4-2-10(3-5-12)14-11-6-8-13-9-7-11;/h2-5,11,13-14H,6-9H2,1H3;1H. The molecule has 0 aromatic heterocycles. The van der Waals surface area contributed by atoms with Crippen molar-refractivity contribution in [3.63, 3.8) is 0 Å². The first-order valence-electron chi connectivity index (χ1n) is 5.83. The number of piperidine rings is 1. The molecule has 0 spiro atoms. The van der Waals surface area contributed by atoms with Crippen molar-refractivity contribution < 1.29 is 8.42 Å². The van der Waals surface area contributed by atoms with Gasteiger partial charge in [0.25, 0.3) is 0 Å². The van der Waals surface area contributed by atoms with Crippen LogP contribution in [0.3, 0.4) is 0 Å². The fourth-order valence-corrected chi connectivity index (χ4v) is 2.63. The molecule has 0 aliphatic carbocycles. The van der Waals surface area contributed by atoms with Crippen molar-refractivity contribution in [1.29, 1.82) is 0 Å². The summed E-state index contributed by atoms with van der Waals surface area (Å²) in [6.45, 7) is 2.08. The largest absolute Gasteiger partial charge is 0.382 e. The minimum Gasteiger partial charge on any atom is -0.382 e. The smallest absolute Gasteiger partial charge is 0.175 e. The Labute approximate surface area is 114 Å². The molecule has 1 aliphatic rings. The Morgan fingerprint density at radius 1 is 1.17 bits per heavy atom. The lowest BCUT2D eigenvalue weighted by molar-refractivity contribution is 0.479. The van der Waals surface area contributed by atoms with Gasteiger partial charge in [-0.1, -0.05) is 0 Å². The Bertz CT molecular complexity index is 467. The van der Waals surface area contributed by atoms with Gasteiger partial charge in [-0.25, -0.2) is 8.42 Å². The zero-order valence-electron chi connectivity index (χ0n) is 10.3. The summed E-state index contributed by atoms with van der Waals surface area (Å²) < 4.78 is 22.6. The van der Waals surface area contributed by atoms with Gasteiger partial charge in [0.15, 0.2) is 9.84 Å². The van der Waals surface area contributed by atoms with Gasteiger partial charge in [-0.3, -0.25) is 0 Å². The van der Waals surface area contributed by atoms with Gasteiger partial charge in [0.1, 0.15) is 0 Å². The Morgan fingerprint density at radius 2 is 1.72 bits per heavy atom. The summed E-state index contributed by atoms with van der Waals surface area (Å²) in [5.74, 6) is 0. The number of hydrogen-bond donors (Lipinski definition) is 2. The van der Waals surface area contributed by atoms with E-state index >= 15 is 0 Å². The second-order valence-corrected chi connectivity index (χ2v) is 6.48. The third-order valence-corrected chi connectivity index (χ3v) is 4.12. The van der Waals surface area contributed by atoms with Gasteiger partial charge in [0.05, 0.1) is 4.90 Å². The van der Waals surface area contributed by atoms with E-state index in [9.17, 15) is 8.42 Å². The van der Waals surface area contributed by atoms with E-state index in [0.717, 1.165) is 31.6 Å². The second kappa shape index (κ2) is 6.41. The molecule has 18 heavy (non-hydrogen) atoms. The zero-order valence-corrected chi connectivity index (χ0v) is 12.0. The van der Waals surface area contributed by atoms with Gasteiger partial charge in [-0.15, -0.1) is 12.4 Å². The molecule has 2 rings (SSSR count). The van der Waals surface area contributed by atoms with E-state index in [0.29, 0.717) is 10.9 Å². The van der Waals surface area contributed by atoms with E-state index in [2.05, 4.69) is 10.6 Å². The van der Waals surface area contributed by atoms with E-state index in [4.69, 9.17) is 0 Å². The van der Waals surface area contributed by atoms with Crippen LogP contribution in [-0.4, -0.2) is 33.8 Å². The van der Waals surface area contributed by atoms with E-state index < -0.39 is 9.84 Å². The van der Waals surface area contributed by atoms with Crippen LogP contribution in [0.4, 0.5) is 5.69 Å². The predicted molar refractivity (Wildman–Crippen MR) is 76.3 cm³/mol. The third kappa shape index (κ3) is 4.15. The van der Waals surface area contributed by atoms with Crippen LogP contribution in [-0.2, 0) is 9.84 Å². The fourth-order valence-electron chi connectivity index (χ4n) is 2.00. The highest BCUT2D eigenvalue weighted by atomic mass is 35.5. The number of anilines is 1. The molecule has 1 aromatic rings. The molecule has 0 bridgehead atoms. The van der Waals surface area contributed by atoms with Crippen molar-refractivity contribution in [2.75, 3.05) is 24.7 Å². The Kier molecular flexibility index (Phi) is 5.44. The number of sulfone groups is 1. The normalized spacial score (nSPS) is 16.9. The number of halogens is 1. The van der Waals surface area contributed by atoms with Crippen LogP contribution in [0.1, 0.15) is 12.8 Å². The Morgan fingerprint density at radius 3 is 2.22 bits per heavy atom. The highest BCUT2D eigenvalue weighted by molar-refractivity contribution is 7.90. The van der Waals surface area contributed by atoms with Crippen LogP contribution in [0.2, 0.25) is 0 Å². The summed E-state index contributed by atoms with van der Waals surface area (Å²) in [6.07, 6.45) is 3.43. The van der Waals surface area contributed by atoms with Crippen molar-refractivity contribution >= 4 is 27.9 Å². The Hall–Kier alpha value is -0.780. The molecule has 6 heteroatoms. The molecule has 0 atom stereocenters. The number of rotatable bonds is 3. The van der Waals surface area contributed by atoms with Gasteiger partial charge in [0.2, 0.25) is 0 Å². The molecule has 0 amide bonds. The number of hydrogen-bond acceptors (Lipinski definition) is 4. The lowest BCUT2D eigenvalue weighted by atomic mass is 10.1. The molecule has 1 aliphatic heterocycles. The monoisotopic (exact) mass is 290 g/mol.